The average molecular weight is 274 g/mol. The molecule has 6 nitrogen and oxygen atoms in total. The summed E-state index contributed by atoms with van der Waals surface area (Å²) in [6, 6.07) is -1.26. The van der Waals surface area contributed by atoms with Gasteiger partial charge in [0.1, 0.15) is 12.1 Å². The summed E-state index contributed by atoms with van der Waals surface area (Å²) in [4.78, 5) is 35.3. The van der Waals surface area contributed by atoms with Gasteiger partial charge in [-0.05, 0) is 20.8 Å². The van der Waals surface area contributed by atoms with Gasteiger partial charge in [-0.2, -0.15) is 0 Å². The van der Waals surface area contributed by atoms with E-state index in [0.29, 0.717) is 12.2 Å². The second kappa shape index (κ2) is 5.60. The van der Waals surface area contributed by atoms with Crippen molar-refractivity contribution >= 4 is 30.0 Å². The first-order chi connectivity index (χ1) is 8.33. The molecule has 2 amide bonds. The fraction of sp³-hybridized carbons (Fsp3) is 0.727. The first kappa shape index (κ1) is 14.8. The summed E-state index contributed by atoms with van der Waals surface area (Å²) in [6.45, 7) is 5.30. The minimum absolute atomic E-state index is 0.335. The molecule has 0 spiro atoms. The highest BCUT2D eigenvalue weighted by atomic mass is 32.2. The maximum atomic E-state index is 12.0. The predicted molar refractivity (Wildman–Crippen MR) is 67.8 cm³/mol. The summed E-state index contributed by atoms with van der Waals surface area (Å²) in [5, 5.41) is 2.55. The molecule has 7 heteroatoms. The molecule has 1 saturated heterocycles. The van der Waals surface area contributed by atoms with E-state index in [2.05, 4.69) is 10.1 Å². The van der Waals surface area contributed by atoms with Crippen LogP contribution in [0.4, 0.5) is 0 Å². The van der Waals surface area contributed by atoms with Crippen molar-refractivity contribution in [2.24, 2.45) is 0 Å². The molecule has 1 rings (SSSR count). The summed E-state index contributed by atoms with van der Waals surface area (Å²) < 4.78 is 4.53. The fourth-order valence-electron chi connectivity index (χ4n) is 1.76. The molecule has 1 heterocycles. The number of esters is 1. The second-order valence-corrected chi connectivity index (χ2v) is 6.16. The number of rotatable bonds is 4. The van der Waals surface area contributed by atoms with Crippen LogP contribution in [0.1, 0.15) is 20.8 Å². The van der Waals surface area contributed by atoms with Crippen molar-refractivity contribution in [3.63, 3.8) is 0 Å². The van der Waals surface area contributed by atoms with Crippen LogP contribution in [-0.2, 0) is 19.1 Å². The van der Waals surface area contributed by atoms with Crippen molar-refractivity contribution < 1.29 is 19.1 Å². The Bertz CT molecular complexity index is 359. The molecule has 1 aliphatic heterocycles. The van der Waals surface area contributed by atoms with Crippen LogP contribution in [0.5, 0.6) is 0 Å². The Hall–Kier alpha value is -1.24. The summed E-state index contributed by atoms with van der Waals surface area (Å²) in [5.74, 6) is -0.324. The van der Waals surface area contributed by atoms with E-state index in [1.54, 1.807) is 6.92 Å². The molecule has 1 aliphatic rings. The molecule has 102 valence electrons. The third-order valence-corrected chi connectivity index (χ3v) is 4.28. The lowest BCUT2D eigenvalue weighted by molar-refractivity contribution is -0.145. The van der Waals surface area contributed by atoms with Gasteiger partial charge in [0.05, 0.1) is 12.0 Å². The molecule has 0 aromatic heterocycles. The lowest BCUT2D eigenvalue weighted by atomic mass is 10.2. The number of hydrogen-bond acceptors (Lipinski definition) is 5. The highest BCUT2D eigenvalue weighted by Gasteiger charge is 2.43. The largest absolute Gasteiger partial charge is 0.467 e. The number of carbonyl (C=O) groups excluding carboxylic acids is 3. The van der Waals surface area contributed by atoms with Crippen LogP contribution in [0.15, 0.2) is 0 Å². The number of methoxy groups -OCH3 is 1. The van der Waals surface area contributed by atoms with E-state index >= 15 is 0 Å². The molecule has 1 fully saturated rings. The zero-order valence-electron chi connectivity index (χ0n) is 10.9. The van der Waals surface area contributed by atoms with Gasteiger partial charge in [0.25, 0.3) is 0 Å². The minimum atomic E-state index is -0.718. The third kappa shape index (κ3) is 2.95. The zero-order chi connectivity index (χ0) is 13.9. The summed E-state index contributed by atoms with van der Waals surface area (Å²) in [5.41, 5.74) is 0. The third-order valence-electron chi connectivity index (χ3n) is 2.88. The lowest BCUT2D eigenvalue weighted by Crippen LogP contribution is -2.52. The van der Waals surface area contributed by atoms with Crippen molar-refractivity contribution in [2.75, 3.05) is 12.9 Å². The van der Waals surface area contributed by atoms with Crippen molar-refractivity contribution in [3.05, 3.63) is 0 Å². The summed E-state index contributed by atoms with van der Waals surface area (Å²) >= 11 is 1.53. The van der Waals surface area contributed by atoms with Crippen molar-refractivity contribution in [1.82, 2.24) is 10.2 Å². The molecule has 0 saturated carbocycles. The van der Waals surface area contributed by atoms with Gasteiger partial charge < -0.3 is 15.0 Å². The number of nitrogens with one attached hydrogen (secondary N) is 1. The molecule has 0 aliphatic carbocycles. The van der Waals surface area contributed by atoms with Crippen LogP contribution in [0.3, 0.4) is 0 Å². The smallest absolute Gasteiger partial charge is 0.328 e. The van der Waals surface area contributed by atoms with E-state index in [1.165, 1.54) is 23.8 Å². The number of ether oxygens (including phenoxy) is 1. The quantitative estimate of drug-likeness (QED) is 0.576. The molecule has 18 heavy (non-hydrogen) atoms. The highest BCUT2D eigenvalue weighted by molar-refractivity contribution is 8.00. The summed E-state index contributed by atoms with van der Waals surface area (Å²) in [6.07, 6.45) is 0.674. The molecule has 0 aromatic rings. The van der Waals surface area contributed by atoms with Gasteiger partial charge in [0, 0.05) is 5.75 Å². The van der Waals surface area contributed by atoms with Crippen molar-refractivity contribution in [2.45, 2.75) is 37.7 Å². The van der Waals surface area contributed by atoms with Crippen LogP contribution >= 0.6 is 11.8 Å². The first-order valence-electron chi connectivity index (χ1n) is 5.59. The molecule has 1 N–H and O–H groups in total. The SMILES string of the molecule is COC(=O)C(C)NC(=O)C1CSC(C)(C)N1C=O. The highest BCUT2D eigenvalue weighted by Crippen LogP contribution is 2.37. The van der Waals surface area contributed by atoms with Gasteiger partial charge in [-0.25, -0.2) is 4.79 Å². The maximum absolute atomic E-state index is 12.0. The van der Waals surface area contributed by atoms with E-state index in [1.807, 2.05) is 13.8 Å². The second-order valence-electron chi connectivity index (χ2n) is 4.54. The Labute approximate surface area is 110 Å². The number of nitrogens with zero attached hydrogens (tertiary/aromatic N) is 1. The monoisotopic (exact) mass is 274 g/mol. The standard InChI is InChI=1S/C11H18N2O4S/c1-7(10(16)17-4)12-9(15)8-5-18-11(2,3)13(8)6-14/h6-8H,5H2,1-4H3,(H,12,15). The molecular formula is C11H18N2O4S. The Morgan fingerprint density at radius 1 is 1.56 bits per heavy atom. The fourth-order valence-corrected chi connectivity index (χ4v) is 2.96. The Balaban J connectivity index is 2.68. The lowest BCUT2D eigenvalue weighted by Gasteiger charge is -2.30. The number of thioether (sulfide) groups is 1. The molecule has 0 aromatic carbocycles. The number of carbonyl (C=O) groups is 3. The van der Waals surface area contributed by atoms with E-state index < -0.39 is 22.9 Å². The van der Waals surface area contributed by atoms with Gasteiger partial charge in [-0.3, -0.25) is 9.59 Å². The first-order valence-corrected chi connectivity index (χ1v) is 6.58. The van der Waals surface area contributed by atoms with Crippen LogP contribution < -0.4 is 5.32 Å². The van der Waals surface area contributed by atoms with Crippen molar-refractivity contribution in [3.8, 4) is 0 Å². The van der Waals surface area contributed by atoms with Gasteiger partial charge in [-0.1, -0.05) is 0 Å². The van der Waals surface area contributed by atoms with Gasteiger partial charge in [0.15, 0.2) is 0 Å². The Morgan fingerprint density at radius 3 is 2.67 bits per heavy atom. The van der Waals surface area contributed by atoms with E-state index in [0.717, 1.165) is 0 Å². The van der Waals surface area contributed by atoms with Crippen LogP contribution in [0, 0.1) is 0 Å². The number of amides is 2. The molecule has 0 bridgehead atoms. The van der Waals surface area contributed by atoms with E-state index in [4.69, 9.17) is 0 Å². The van der Waals surface area contributed by atoms with Crippen LogP contribution in [0.25, 0.3) is 0 Å². The molecular weight excluding hydrogens is 256 g/mol. The molecule has 2 unspecified atom stereocenters. The minimum Gasteiger partial charge on any atom is -0.467 e. The average Bonchev–Trinajstić information content (AvgIpc) is 2.62. The molecule has 0 radical (unpaired) electrons. The zero-order valence-corrected chi connectivity index (χ0v) is 11.7. The Morgan fingerprint density at radius 2 is 2.17 bits per heavy atom. The van der Waals surface area contributed by atoms with Gasteiger partial charge in [0.2, 0.25) is 12.3 Å². The van der Waals surface area contributed by atoms with Gasteiger partial charge in [-0.15, -0.1) is 11.8 Å². The Kier molecular flexibility index (Phi) is 4.61. The van der Waals surface area contributed by atoms with Gasteiger partial charge >= 0.3 is 5.97 Å². The van der Waals surface area contributed by atoms with Crippen LogP contribution in [0.2, 0.25) is 0 Å². The predicted octanol–water partition coefficient (Wildman–Crippen LogP) is -0.0260. The normalized spacial score (nSPS) is 23.3. The number of hydrogen-bond donors (Lipinski definition) is 1. The molecule has 2 atom stereocenters. The topological polar surface area (TPSA) is 75.7 Å². The van der Waals surface area contributed by atoms with Crippen molar-refractivity contribution in [1.29, 1.82) is 0 Å². The summed E-state index contributed by atoms with van der Waals surface area (Å²) in [7, 11) is 1.26. The van der Waals surface area contributed by atoms with E-state index in [9.17, 15) is 14.4 Å². The van der Waals surface area contributed by atoms with Crippen LogP contribution in [-0.4, -0.2) is 53.0 Å². The van der Waals surface area contributed by atoms with E-state index in [-0.39, 0.29) is 5.91 Å². The maximum Gasteiger partial charge on any atom is 0.328 e.